The predicted molar refractivity (Wildman–Crippen MR) is 121 cm³/mol. The molecule has 170 valence electrons. The van der Waals surface area contributed by atoms with Crippen molar-refractivity contribution in [3.05, 3.63) is 72.8 Å². The fourth-order valence-corrected chi connectivity index (χ4v) is 5.41. The fourth-order valence-electron chi connectivity index (χ4n) is 2.96. The Morgan fingerprint density at radius 2 is 2.00 bits per heavy atom. The minimum Gasteiger partial charge on any atom is -0.480 e. The maximum Gasteiger partial charge on any atom is 0.335 e. The van der Waals surface area contributed by atoms with Gasteiger partial charge in [0.15, 0.2) is 0 Å². The molecule has 4 rings (SSSR count). The molecule has 0 saturated carbocycles. The van der Waals surface area contributed by atoms with E-state index in [0.717, 1.165) is 23.1 Å². The SMILES string of the molecule is COc1nc(-n2c(=O)[nH]c3cc(C)ccc3c2=O)ncc1C(=O)NS(=O)(=O)c1ccc(Cl)s1. The Hall–Kier alpha value is -3.55. The van der Waals surface area contributed by atoms with Crippen molar-refractivity contribution in [3.63, 3.8) is 0 Å². The summed E-state index contributed by atoms with van der Waals surface area (Å²) in [5.41, 5.74) is -0.598. The van der Waals surface area contributed by atoms with E-state index >= 15 is 0 Å². The molecule has 2 N–H and O–H groups in total. The number of ether oxygens (including phenoxy) is 1. The van der Waals surface area contributed by atoms with Gasteiger partial charge in [-0.25, -0.2) is 22.9 Å². The second-order valence-corrected chi connectivity index (χ2v) is 10.3. The van der Waals surface area contributed by atoms with Crippen LogP contribution in [0.5, 0.6) is 5.88 Å². The molecule has 4 aromatic rings. The van der Waals surface area contributed by atoms with Crippen molar-refractivity contribution in [3.8, 4) is 11.8 Å². The van der Waals surface area contributed by atoms with Gasteiger partial charge in [-0.3, -0.25) is 9.59 Å². The summed E-state index contributed by atoms with van der Waals surface area (Å²) in [6.07, 6.45) is 0.957. The van der Waals surface area contributed by atoms with Crippen LogP contribution in [0.15, 0.2) is 50.3 Å². The van der Waals surface area contributed by atoms with Crippen LogP contribution in [-0.2, 0) is 10.0 Å². The van der Waals surface area contributed by atoms with Crippen molar-refractivity contribution in [2.45, 2.75) is 11.1 Å². The van der Waals surface area contributed by atoms with E-state index in [2.05, 4.69) is 15.0 Å². The Kier molecular flexibility index (Phi) is 5.78. The molecule has 0 aliphatic rings. The summed E-state index contributed by atoms with van der Waals surface area (Å²) in [6.45, 7) is 1.81. The molecule has 1 amide bonds. The highest BCUT2D eigenvalue weighted by Gasteiger charge is 2.25. The maximum atomic E-state index is 12.9. The molecule has 0 aliphatic carbocycles. The summed E-state index contributed by atoms with van der Waals surface area (Å²) >= 11 is 6.53. The number of thiophene rings is 1. The standard InChI is InChI=1S/C19H14ClN5O6S2/c1-9-3-4-10-12(7-9)22-19(28)25(17(10)27)18-21-8-11(16(23-18)31-2)15(26)24-33(29,30)14-6-5-13(20)32-14/h3-8H,1-2H3,(H,22,28)(H,24,26). The predicted octanol–water partition coefficient (Wildman–Crippen LogP) is 1.62. The summed E-state index contributed by atoms with van der Waals surface area (Å²) in [7, 11) is -3.02. The van der Waals surface area contributed by atoms with Gasteiger partial charge in [0.2, 0.25) is 11.8 Å². The van der Waals surface area contributed by atoms with Gasteiger partial charge in [0.1, 0.15) is 9.77 Å². The molecule has 0 aliphatic heterocycles. The van der Waals surface area contributed by atoms with Gasteiger partial charge in [-0.1, -0.05) is 17.7 Å². The number of methoxy groups -OCH3 is 1. The van der Waals surface area contributed by atoms with Crippen LogP contribution in [0.25, 0.3) is 16.9 Å². The zero-order valence-electron chi connectivity index (χ0n) is 16.9. The molecular weight excluding hydrogens is 494 g/mol. The van der Waals surface area contributed by atoms with E-state index < -0.39 is 27.2 Å². The Labute approximate surface area is 194 Å². The highest BCUT2D eigenvalue weighted by molar-refractivity contribution is 7.92. The van der Waals surface area contributed by atoms with Gasteiger partial charge in [0, 0.05) is 6.20 Å². The molecule has 0 fully saturated rings. The van der Waals surface area contributed by atoms with Crippen LogP contribution in [-0.4, -0.2) is 41.0 Å². The molecule has 0 atom stereocenters. The van der Waals surface area contributed by atoms with E-state index in [9.17, 15) is 22.8 Å². The Bertz CT molecular complexity index is 1640. The normalized spacial score (nSPS) is 11.5. The van der Waals surface area contributed by atoms with Gasteiger partial charge < -0.3 is 9.72 Å². The van der Waals surface area contributed by atoms with Crippen molar-refractivity contribution in [2.75, 3.05) is 7.11 Å². The van der Waals surface area contributed by atoms with Crippen LogP contribution in [0.1, 0.15) is 15.9 Å². The van der Waals surface area contributed by atoms with Gasteiger partial charge in [-0.15, -0.1) is 11.3 Å². The molecule has 3 heterocycles. The molecular formula is C19H14ClN5O6S2. The number of aromatic nitrogens is 4. The number of carbonyl (C=O) groups is 1. The number of carbonyl (C=O) groups excluding carboxylic acids is 1. The van der Waals surface area contributed by atoms with E-state index in [1.165, 1.54) is 19.2 Å². The number of hydrogen-bond acceptors (Lipinski definition) is 9. The summed E-state index contributed by atoms with van der Waals surface area (Å²) < 4.78 is 32.5. The second-order valence-electron chi connectivity index (χ2n) is 6.71. The molecule has 0 radical (unpaired) electrons. The molecule has 11 nitrogen and oxygen atoms in total. The number of amides is 1. The summed E-state index contributed by atoms with van der Waals surface area (Å²) in [5.74, 6) is -1.77. The molecule has 3 aromatic heterocycles. The van der Waals surface area contributed by atoms with Crippen LogP contribution < -0.4 is 20.7 Å². The van der Waals surface area contributed by atoms with E-state index in [1.807, 2.05) is 11.6 Å². The van der Waals surface area contributed by atoms with Gasteiger partial charge >= 0.3 is 5.69 Å². The smallest absolute Gasteiger partial charge is 0.335 e. The molecule has 33 heavy (non-hydrogen) atoms. The number of fused-ring (bicyclic) bond motifs is 1. The molecule has 0 unspecified atom stereocenters. The molecule has 14 heteroatoms. The third-order valence-corrected chi connectivity index (χ3v) is 7.53. The van der Waals surface area contributed by atoms with E-state index in [0.29, 0.717) is 10.1 Å². The van der Waals surface area contributed by atoms with Crippen LogP contribution in [0.3, 0.4) is 0 Å². The lowest BCUT2D eigenvalue weighted by Crippen LogP contribution is -2.35. The molecule has 0 spiro atoms. The van der Waals surface area contributed by atoms with Crippen LogP contribution >= 0.6 is 22.9 Å². The number of rotatable bonds is 5. The van der Waals surface area contributed by atoms with Gasteiger partial charge in [0.25, 0.3) is 21.5 Å². The van der Waals surface area contributed by atoms with Gasteiger partial charge in [-0.2, -0.15) is 9.55 Å². The Morgan fingerprint density at radius 3 is 2.67 bits per heavy atom. The zero-order valence-corrected chi connectivity index (χ0v) is 19.3. The van der Waals surface area contributed by atoms with Gasteiger partial charge in [0.05, 0.1) is 22.3 Å². The first-order valence-corrected chi connectivity index (χ1v) is 11.8. The first-order valence-electron chi connectivity index (χ1n) is 9.10. The van der Waals surface area contributed by atoms with Crippen molar-refractivity contribution in [2.24, 2.45) is 0 Å². The lowest BCUT2D eigenvalue weighted by atomic mass is 10.2. The molecule has 0 bridgehead atoms. The topological polar surface area (TPSA) is 153 Å². The zero-order chi connectivity index (χ0) is 23.9. The van der Waals surface area contributed by atoms with E-state index in [1.54, 1.807) is 18.2 Å². The highest BCUT2D eigenvalue weighted by Crippen LogP contribution is 2.26. The third-order valence-electron chi connectivity index (χ3n) is 4.47. The van der Waals surface area contributed by atoms with Gasteiger partial charge in [-0.05, 0) is 36.8 Å². The average molecular weight is 508 g/mol. The Morgan fingerprint density at radius 1 is 1.24 bits per heavy atom. The van der Waals surface area contributed by atoms with Crippen LogP contribution in [0.2, 0.25) is 4.34 Å². The second kappa shape index (κ2) is 8.42. The third kappa shape index (κ3) is 4.25. The number of nitrogens with zero attached hydrogens (tertiary/aromatic N) is 3. The number of nitrogens with one attached hydrogen (secondary N) is 2. The summed E-state index contributed by atoms with van der Waals surface area (Å²) in [5, 5.41) is 0.227. The van der Waals surface area contributed by atoms with Crippen molar-refractivity contribution < 1.29 is 17.9 Å². The first kappa shape index (κ1) is 22.6. The molecule has 0 saturated heterocycles. The highest BCUT2D eigenvalue weighted by atomic mass is 35.5. The fraction of sp³-hybridized carbons (Fsp3) is 0.105. The van der Waals surface area contributed by atoms with E-state index in [4.69, 9.17) is 16.3 Å². The van der Waals surface area contributed by atoms with Crippen molar-refractivity contribution in [1.29, 1.82) is 0 Å². The first-order chi connectivity index (χ1) is 15.6. The Balaban J connectivity index is 1.75. The monoisotopic (exact) mass is 507 g/mol. The number of H-pyrrole nitrogens is 1. The quantitative estimate of drug-likeness (QED) is 0.413. The lowest BCUT2D eigenvalue weighted by Gasteiger charge is -2.10. The number of sulfonamides is 1. The van der Waals surface area contributed by atoms with Crippen molar-refractivity contribution in [1.82, 2.24) is 24.2 Å². The largest absolute Gasteiger partial charge is 0.480 e. The number of hydrogen-bond donors (Lipinski definition) is 2. The van der Waals surface area contributed by atoms with Crippen molar-refractivity contribution >= 4 is 49.8 Å². The number of aromatic amines is 1. The number of benzene rings is 1. The maximum absolute atomic E-state index is 12.9. The van der Waals surface area contributed by atoms with E-state index in [-0.39, 0.29) is 31.3 Å². The lowest BCUT2D eigenvalue weighted by molar-refractivity contribution is 0.0977. The van der Waals surface area contributed by atoms with Crippen LogP contribution in [0.4, 0.5) is 0 Å². The minimum atomic E-state index is -4.20. The molecule has 1 aromatic carbocycles. The minimum absolute atomic E-state index is 0.165. The van der Waals surface area contributed by atoms with Crippen LogP contribution in [0, 0.1) is 6.92 Å². The summed E-state index contributed by atoms with van der Waals surface area (Å²) in [6, 6.07) is 7.55. The summed E-state index contributed by atoms with van der Waals surface area (Å²) in [4.78, 5) is 48.5. The number of halogens is 1. The number of aryl methyl sites for hydroxylation is 1. The average Bonchev–Trinajstić information content (AvgIpc) is 3.20.